The quantitative estimate of drug-likeness (QED) is 0.737. The Labute approximate surface area is 139 Å². The fourth-order valence-corrected chi connectivity index (χ4v) is 3.11. The first-order chi connectivity index (χ1) is 11.6. The van der Waals surface area contributed by atoms with Crippen LogP contribution >= 0.6 is 0 Å². The van der Waals surface area contributed by atoms with Crippen LogP contribution in [0.1, 0.15) is 24.4 Å². The van der Waals surface area contributed by atoms with Gasteiger partial charge in [-0.05, 0) is 18.6 Å². The Balaban J connectivity index is 1.66. The molecule has 0 fully saturated rings. The average Bonchev–Trinajstić information content (AvgIpc) is 3.19. The Kier molecular flexibility index (Phi) is 3.41. The molecule has 3 aromatic rings. The molecular formula is C17H18N6O. The summed E-state index contributed by atoms with van der Waals surface area (Å²) in [5.41, 5.74) is 1.84. The van der Waals surface area contributed by atoms with E-state index in [2.05, 4.69) is 15.3 Å². The third-order valence-corrected chi connectivity index (χ3v) is 4.31. The number of aryl methyl sites for hydroxylation is 1. The highest BCUT2D eigenvalue weighted by Crippen LogP contribution is 2.28. The van der Waals surface area contributed by atoms with E-state index in [4.69, 9.17) is 0 Å². The number of carbonyl (C=O) groups is 1. The summed E-state index contributed by atoms with van der Waals surface area (Å²) in [6, 6.07) is 11.5. The summed E-state index contributed by atoms with van der Waals surface area (Å²) in [7, 11) is 1.85. The lowest BCUT2D eigenvalue weighted by Gasteiger charge is -2.32. The first kappa shape index (κ1) is 14.6. The van der Waals surface area contributed by atoms with E-state index < -0.39 is 0 Å². The number of nitrogens with zero attached hydrogens (tertiary/aromatic N) is 6. The van der Waals surface area contributed by atoms with Crippen molar-refractivity contribution < 1.29 is 4.79 Å². The van der Waals surface area contributed by atoms with Crippen LogP contribution in [-0.2, 0) is 24.9 Å². The van der Waals surface area contributed by atoms with Crippen molar-refractivity contribution in [2.75, 3.05) is 0 Å². The van der Waals surface area contributed by atoms with E-state index in [1.54, 1.807) is 4.68 Å². The van der Waals surface area contributed by atoms with Crippen molar-refractivity contribution in [1.82, 2.24) is 29.4 Å². The monoisotopic (exact) mass is 322 g/mol. The Hall–Kier alpha value is -2.96. The summed E-state index contributed by atoms with van der Waals surface area (Å²) in [6.07, 6.45) is 1.86. The Morgan fingerprint density at radius 1 is 1.17 bits per heavy atom. The zero-order valence-electron chi connectivity index (χ0n) is 13.6. The standard InChI is InChI=1S/C17H18N6O/c1-12-17(24)22(10-13-6-4-3-5-7-13)11-15-18-19-16(23(12)15)14-8-9-21(2)20-14/h3-9,12H,10-11H2,1-2H3/t12-/m1/s1. The molecule has 1 aliphatic heterocycles. The molecule has 2 aromatic heterocycles. The van der Waals surface area contributed by atoms with Crippen molar-refractivity contribution in [3.8, 4) is 11.5 Å². The maximum atomic E-state index is 12.8. The van der Waals surface area contributed by atoms with Crippen LogP contribution in [0.25, 0.3) is 11.5 Å². The molecule has 0 radical (unpaired) electrons. The van der Waals surface area contributed by atoms with Gasteiger partial charge in [-0.25, -0.2) is 0 Å². The minimum Gasteiger partial charge on any atom is -0.329 e. The summed E-state index contributed by atoms with van der Waals surface area (Å²) < 4.78 is 3.61. The number of benzene rings is 1. The molecule has 1 aromatic carbocycles. The van der Waals surface area contributed by atoms with Crippen molar-refractivity contribution in [1.29, 1.82) is 0 Å². The van der Waals surface area contributed by atoms with Gasteiger partial charge in [0, 0.05) is 19.8 Å². The zero-order chi connectivity index (χ0) is 16.7. The third-order valence-electron chi connectivity index (χ3n) is 4.31. The second-order valence-corrected chi connectivity index (χ2v) is 6.04. The SMILES string of the molecule is C[C@@H]1C(=O)N(Cc2ccccc2)Cc2nnc(-c3ccn(C)n3)n21. The lowest BCUT2D eigenvalue weighted by Crippen LogP contribution is -2.41. The van der Waals surface area contributed by atoms with Crippen LogP contribution in [0.4, 0.5) is 0 Å². The number of carbonyl (C=O) groups excluding carboxylic acids is 1. The van der Waals surface area contributed by atoms with Gasteiger partial charge in [-0.1, -0.05) is 30.3 Å². The number of fused-ring (bicyclic) bond motifs is 1. The van der Waals surface area contributed by atoms with E-state index >= 15 is 0 Å². The molecule has 1 atom stereocenters. The third kappa shape index (κ3) is 2.38. The number of rotatable bonds is 3. The maximum absolute atomic E-state index is 12.8. The van der Waals surface area contributed by atoms with E-state index in [9.17, 15) is 4.79 Å². The smallest absolute Gasteiger partial charge is 0.246 e. The highest BCUT2D eigenvalue weighted by molar-refractivity contribution is 5.81. The van der Waals surface area contributed by atoms with Gasteiger partial charge in [-0.15, -0.1) is 10.2 Å². The number of amides is 1. The summed E-state index contributed by atoms with van der Waals surface area (Å²) in [5, 5.41) is 12.9. The highest BCUT2D eigenvalue weighted by Gasteiger charge is 2.33. The molecule has 0 saturated carbocycles. The van der Waals surface area contributed by atoms with Crippen LogP contribution in [-0.4, -0.2) is 35.4 Å². The predicted octanol–water partition coefficient (Wildman–Crippen LogP) is 1.78. The van der Waals surface area contributed by atoms with Crippen molar-refractivity contribution in [3.63, 3.8) is 0 Å². The van der Waals surface area contributed by atoms with Gasteiger partial charge in [-0.2, -0.15) is 5.10 Å². The molecule has 0 unspecified atom stereocenters. The second kappa shape index (κ2) is 5.59. The van der Waals surface area contributed by atoms with E-state index in [0.29, 0.717) is 18.9 Å². The van der Waals surface area contributed by atoms with Crippen LogP contribution in [0.5, 0.6) is 0 Å². The molecule has 4 rings (SSSR count). The molecule has 0 N–H and O–H groups in total. The Morgan fingerprint density at radius 3 is 2.67 bits per heavy atom. The molecule has 1 amide bonds. The molecule has 0 aliphatic carbocycles. The van der Waals surface area contributed by atoms with Crippen LogP contribution in [0.2, 0.25) is 0 Å². The van der Waals surface area contributed by atoms with Crippen LogP contribution in [0.15, 0.2) is 42.6 Å². The molecular weight excluding hydrogens is 304 g/mol. The number of aromatic nitrogens is 5. The molecule has 0 bridgehead atoms. The Morgan fingerprint density at radius 2 is 1.96 bits per heavy atom. The minimum absolute atomic E-state index is 0.0725. The van der Waals surface area contributed by atoms with Gasteiger partial charge in [0.05, 0.1) is 6.54 Å². The van der Waals surface area contributed by atoms with Gasteiger partial charge in [0.25, 0.3) is 0 Å². The minimum atomic E-state index is -0.343. The van der Waals surface area contributed by atoms with Gasteiger partial charge >= 0.3 is 0 Å². The zero-order valence-corrected chi connectivity index (χ0v) is 13.6. The van der Waals surface area contributed by atoms with Gasteiger partial charge in [0.2, 0.25) is 5.91 Å². The lowest BCUT2D eigenvalue weighted by atomic mass is 10.1. The van der Waals surface area contributed by atoms with Gasteiger partial charge in [0.1, 0.15) is 11.7 Å². The van der Waals surface area contributed by atoms with Gasteiger partial charge < -0.3 is 4.90 Å². The molecule has 122 valence electrons. The maximum Gasteiger partial charge on any atom is 0.246 e. The summed E-state index contributed by atoms with van der Waals surface area (Å²) in [5.74, 6) is 1.51. The van der Waals surface area contributed by atoms with Crippen molar-refractivity contribution in [3.05, 3.63) is 54.0 Å². The first-order valence-electron chi connectivity index (χ1n) is 7.90. The van der Waals surface area contributed by atoms with Crippen molar-refractivity contribution in [2.45, 2.75) is 26.1 Å². The highest BCUT2D eigenvalue weighted by atomic mass is 16.2. The molecule has 7 nitrogen and oxygen atoms in total. The summed E-state index contributed by atoms with van der Waals surface area (Å²) >= 11 is 0. The largest absolute Gasteiger partial charge is 0.329 e. The fourth-order valence-electron chi connectivity index (χ4n) is 3.11. The second-order valence-electron chi connectivity index (χ2n) is 6.04. The van der Waals surface area contributed by atoms with Crippen LogP contribution in [0.3, 0.4) is 0 Å². The number of hydrogen-bond acceptors (Lipinski definition) is 4. The first-order valence-corrected chi connectivity index (χ1v) is 7.90. The Bertz CT molecular complexity index is 882. The number of hydrogen-bond donors (Lipinski definition) is 0. The van der Waals surface area contributed by atoms with E-state index in [-0.39, 0.29) is 11.9 Å². The van der Waals surface area contributed by atoms with E-state index in [0.717, 1.165) is 17.1 Å². The molecule has 0 saturated heterocycles. The fraction of sp³-hybridized carbons (Fsp3) is 0.294. The average molecular weight is 322 g/mol. The normalized spacial score (nSPS) is 17.2. The van der Waals surface area contributed by atoms with Crippen LogP contribution < -0.4 is 0 Å². The topological polar surface area (TPSA) is 68.8 Å². The lowest BCUT2D eigenvalue weighted by molar-refractivity contribution is -0.137. The van der Waals surface area contributed by atoms with E-state index in [1.165, 1.54) is 0 Å². The predicted molar refractivity (Wildman–Crippen MR) is 87.6 cm³/mol. The molecule has 24 heavy (non-hydrogen) atoms. The van der Waals surface area contributed by atoms with Crippen molar-refractivity contribution >= 4 is 5.91 Å². The molecule has 3 heterocycles. The summed E-state index contributed by atoms with van der Waals surface area (Å²) in [6.45, 7) is 2.92. The van der Waals surface area contributed by atoms with Crippen molar-refractivity contribution in [2.24, 2.45) is 7.05 Å². The van der Waals surface area contributed by atoms with E-state index in [1.807, 2.05) is 66.0 Å². The summed E-state index contributed by atoms with van der Waals surface area (Å²) in [4.78, 5) is 14.6. The molecule has 0 spiro atoms. The molecule has 7 heteroatoms. The van der Waals surface area contributed by atoms with Gasteiger partial charge in [0.15, 0.2) is 11.6 Å². The van der Waals surface area contributed by atoms with Gasteiger partial charge in [-0.3, -0.25) is 14.0 Å². The molecule has 1 aliphatic rings. The van der Waals surface area contributed by atoms with Crippen LogP contribution in [0, 0.1) is 0 Å².